The molecule has 4 nitrogen and oxygen atoms in total. The average Bonchev–Trinajstić information content (AvgIpc) is 2.18. The molecular weight excluding hydrogens is 184 g/mol. The van der Waals surface area contributed by atoms with Crippen LogP contribution in [0.1, 0.15) is 33.1 Å². The maximum Gasteiger partial charge on any atom is 0.332 e. The summed E-state index contributed by atoms with van der Waals surface area (Å²) in [6, 6.07) is 0. The second-order valence-electron chi connectivity index (χ2n) is 3.66. The van der Waals surface area contributed by atoms with Gasteiger partial charge in [0.05, 0.1) is 12.2 Å². The average molecular weight is 202 g/mol. The Morgan fingerprint density at radius 2 is 2.43 bits per heavy atom. The topological polar surface area (TPSA) is 55.8 Å². The van der Waals surface area contributed by atoms with Gasteiger partial charge in [-0.1, -0.05) is 6.92 Å². The fourth-order valence-electron chi connectivity index (χ4n) is 1.60. The monoisotopic (exact) mass is 202 g/mol. The van der Waals surface area contributed by atoms with Gasteiger partial charge in [0.2, 0.25) is 0 Å². The summed E-state index contributed by atoms with van der Waals surface area (Å²) >= 11 is 0. The van der Waals surface area contributed by atoms with Crippen LogP contribution in [0.25, 0.3) is 0 Å². The fourth-order valence-corrected chi connectivity index (χ4v) is 1.60. The van der Waals surface area contributed by atoms with Crippen molar-refractivity contribution in [3.8, 4) is 0 Å². The Hall–Kier alpha value is -0.610. The van der Waals surface area contributed by atoms with Gasteiger partial charge in [-0.3, -0.25) is 0 Å². The van der Waals surface area contributed by atoms with E-state index < -0.39 is 12.1 Å². The van der Waals surface area contributed by atoms with Crippen LogP contribution in [0.15, 0.2) is 0 Å². The number of carbonyl (C=O) groups is 1. The number of carboxylic acid groups (broad SMARTS) is 1. The number of hydrogen-bond acceptors (Lipinski definition) is 3. The zero-order valence-corrected chi connectivity index (χ0v) is 8.73. The molecule has 3 atom stereocenters. The minimum atomic E-state index is -0.899. The predicted octanol–water partition coefficient (Wildman–Crippen LogP) is 1.43. The Balaban J connectivity index is 2.33. The van der Waals surface area contributed by atoms with Crippen molar-refractivity contribution < 1.29 is 19.4 Å². The van der Waals surface area contributed by atoms with Gasteiger partial charge in [-0.15, -0.1) is 0 Å². The van der Waals surface area contributed by atoms with E-state index in [1.54, 1.807) is 6.92 Å². The molecule has 0 radical (unpaired) electrons. The molecule has 1 rings (SSSR count). The van der Waals surface area contributed by atoms with E-state index in [1.807, 2.05) is 0 Å². The van der Waals surface area contributed by atoms with Crippen LogP contribution < -0.4 is 0 Å². The van der Waals surface area contributed by atoms with Gasteiger partial charge < -0.3 is 14.6 Å². The van der Waals surface area contributed by atoms with Gasteiger partial charge in [-0.25, -0.2) is 4.79 Å². The molecule has 1 N–H and O–H groups in total. The molecule has 14 heavy (non-hydrogen) atoms. The van der Waals surface area contributed by atoms with E-state index in [-0.39, 0.29) is 12.2 Å². The molecular formula is C10H18O4. The molecule has 1 heterocycles. The van der Waals surface area contributed by atoms with Crippen LogP contribution in [0.5, 0.6) is 0 Å². The number of hydrogen-bond donors (Lipinski definition) is 1. The van der Waals surface area contributed by atoms with Crippen LogP contribution >= 0.6 is 0 Å². The second kappa shape index (κ2) is 5.32. The van der Waals surface area contributed by atoms with Crippen LogP contribution in [0.4, 0.5) is 0 Å². The minimum absolute atomic E-state index is 0.0415. The molecule has 0 amide bonds. The molecule has 4 heteroatoms. The first kappa shape index (κ1) is 11.5. The molecule has 1 aliphatic heterocycles. The largest absolute Gasteiger partial charge is 0.479 e. The van der Waals surface area contributed by atoms with Gasteiger partial charge in [0.1, 0.15) is 0 Å². The standard InChI is InChI=1S/C10H18O4/c1-3-8-6-9(4-5-13-8)14-7(2)10(11)12/h7-9H,3-6H2,1-2H3,(H,11,12). The number of aliphatic carboxylic acids is 1. The highest BCUT2D eigenvalue weighted by Gasteiger charge is 2.25. The van der Waals surface area contributed by atoms with Gasteiger partial charge in [-0.05, 0) is 26.2 Å². The van der Waals surface area contributed by atoms with Crippen molar-refractivity contribution in [2.45, 2.75) is 51.4 Å². The van der Waals surface area contributed by atoms with Crippen LogP contribution in [-0.2, 0) is 14.3 Å². The molecule has 1 saturated heterocycles. The van der Waals surface area contributed by atoms with Crippen molar-refractivity contribution in [1.82, 2.24) is 0 Å². The Labute approximate surface area is 84.2 Å². The van der Waals surface area contributed by atoms with Crippen molar-refractivity contribution in [2.24, 2.45) is 0 Å². The molecule has 0 spiro atoms. The van der Waals surface area contributed by atoms with E-state index in [4.69, 9.17) is 14.6 Å². The van der Waals surface area contributed by atoms with Gasteiger partial charge in [-0.2, -0.15) is 0 Å². The zero-order valence-electron chi connectivity index (χ0n) is 8.73. The summed E-state index contributed by atoms with van der Waals surface area (Å²) in [6.07, 6.45) is 2.13. The Morgan fingerprint density at radius 3 is 3.00 bits per heavy atom. The van der Waals surface area contributed by atoms with Gasteiger partial charge >= 0.3 is 5.97 Å². The lowest BCUT2D eigenvalue weighted by atomic mass is 10.0. The predicted molar refractivity (Wildman–Crippen MR) is 51.2 cm³/mol. The Kier molecular flexibility index (Phi) is 4.35. The lowest BCUT2D eigenvalue weighted by Gasteiger charge is -2.29. The first-order valence-electron chi connectivity index (χ1n) is 5.13. The molecule has 82 valence electrons. The maximum absolute atomic E-state index is 10.6. The summed E-state index contributed by atoms with van der Waals surface area (Å²) < 4.78 is 10.9. The molecule has 0 aromatic rings. The maximum atomic E-state index is 10.6. The molecule has 0 aromatic heterocycles. The van der Waals surface area contributed by atoms with Crippen LogP contribution in [-0.4, -0.2) is 36.0 Å². The summed E-state index contributed by atoms with van der Waals surface area (Å²) in [5.74, 6) is -0.899. The zero-order chi connectivity index (χ0) is 10.6. The first-order valence-corrected chi connectivity index (χ1v) is 5.13. The third-order valence-electron chi connectivity index (χ3n) is 2.52. The van der Waals surface area contributed by atoms with Crippen molar-refractivity contribution in [1.29, 1.82) is 0 Å². The summed E-state index contributed by atoms with van der Waals surface area (Å²) in [4.78, 5) is 10.6. The highest BCUT2D eigenvalue weighted by atomic mass is 16.5. The van der Waals surface area contributed by atoms with E-state index >= 15 is 0 Å². The highest BCUT2D eigenvalue weighted by molar-refractivity contribution is 5.71. The van der Waals surface area contributed by atoms with E-state index in [0.717, 1.165) is 19.3 Å². The number of rotatable bonds is 4. The summed E-state index contributed by atoms with van der Waals surface area (Å²) in [7, 11) is 0. The van der Waals surface area contributed by atoms with E-state index in [9.17, 15) is 4.79 Å². The van der Waals surface area contributed by atoms with Crippen LogP contribution in [0, 0.1) is 0 Å². The molecule has 0 aromatic carbocycles. The molecule has 0 bridgehead atoms. The third kappa shape index (κ3) is 3.27. The number of ether oxygens (including phenoxy) is 2. The second-order valence-corrected chi connectivity index (χ2v) is 3.66. The summed E-state index contributed by atoms with van der Waals surface area (Å²) in [5.41, 5.74) is 0. The molecule has 1 fully saturated rings. The Bertz CT molecular complexity index is 193. The van der Waals surface area contributed by atoms with Crippen LogP contribution in [0.3, 0.4) is 0 Å². The van der Waals surface area contributed by atoms with Gasteiger partial charge in [0, 0.05) is 6.61 Å². The third-order valence-corrected chi connectivity index (χ3v) is 2.52. The van der Waals surface area contributed by atoms with Crippen molar-refractivity contribution in [3.63, 3.8) is 0 Å². The SMILES string of the molecule is CCC1CC(OC(C)C(=O)O)CCO1. The normalized spacial score (nSPS) is 29.9. The fraction of sp³-hybridized carbons (Fsp3) is 0.900. The lowest BCUT2D eigenvalue weighted by molar-refractivity contribution is -0.158. The van der Waals surface area contributed by atoms with E-state index in [0.29, 0.717) is 6.61 Å². The highest BCUT2D eigenvalue weighted by Crippen LogP contribution is 2.20. The van der Waals surface area contributed by atoms with Gasteiger partial charge in [0.15, 0.2) is 6.10 Å². The van der Waals surface area contributed by atoms with E-state index in [1.165, 1.54) is 0 Å². The van der Waals surface area contributed by atoms with Gasteiger partial charge in [0.25, 0.3) is 0 Å². The number of carboxylic acids is 1. The van der Waals surface area contributed by atoms with E-state index in [2.05, 4.69) is 6.92 Å². The smallest absolute Gasteiger partial charge is 0.332 e. The summed E-state index contributed by atoms with van der Waals surface area (Å²) in [5, 5.41) is 8.68. The molecule has 1 aliphatic rings. The van der Waals surface area contributed by atoms with Crippen molar-refractivity contribution >= 4 is 5.97 Å². The molecule has 0 aliphatic carbocycles. The minimum Gasteiger partial charge on any atom is -0.479 e. The quantitative estimate of drug-likeness (QED) is 0.749. The van der Waals surface area contributed by atoms with Crippen molar-refractivity contribution in [3.05, 3.63) is 0 Å². The molecule has 0 saturated carbocycles. The summed E-state index contributed by atoms with van der Waals surface area (Å²) in [6.45, 7) is 4.31. The van der Waals surface area contributed by atoms with Crippen molar-refractivity contribution in [2.75, 3.05) is 6.61 Å². The van der Waals surface area contributed by atoms with Crippen LogP contribution in [0.2, 0.25) is 0 Å². The first-order chi connectivity index (χ1) is 6.63. The lowest BCUT2D eigenvalue weighted by Crippen LogP contribution is -2.34. The molecule has 3 unspecified atom stereocenters. The Morgan fingerprint density at radius 1 is 1.71 bits per heavy atom.